The minimum Gasteiger partial charge on any atom is -0.422 e. The summed E-state index contributed by atoms with van der Waals surface area (Å²) in [7, 11) is 0. The molecule has 1 aliphatic rings. The van der Waals surface area contributed by atoms with Gasteiger partial charge in [-0.05, 0) is 12.1 Å². The normalized spacial score (nSPS) is 15.2. The maximum absolute atomic E-state index is 11.1. The van der Waals surface area contributed by atoms with Gasteiger partial charge >= 0.3 is 6.02 Å². The Morgan fingerprint density at radius 1 is 1.17 bits per heavy atom. The Morgan fingerprint density at radius 3 is 2.33 bits per heavy atom. The Labute approximate surface area is 117 Å². The van der Waals surface area contributed by atoms with Crippen LogP contribution in [-0.2, 0) is 9.59 Å². The van der Waals surface area contributed by atoms with E-state index >= 15 is 0 Å². The monoisotopic (exact) mass is 306 g/mol. The predicted octanol–water partition coefficient (Wildman–Crippen LogP) is 2.43. The highest BCUT2D eigenvalue weighted by molar-refractivity contribution is 6.40. The van der Waals surface area contributed by atoms with Crippen molar-refractivity contribution >= 4 is 52.6 Å². The standard InChI is InChI=1S/C10H5Cl3N2O3/c11-4-1-5(12)9(6(13)2-4)18-10-14-7(16)3-8(17)15-10/h1-2H,3H2,(H,14,15,16,17). The van der Waals surface area contributed by atoms with E-state index in [-0.39, 0.29) is 28.2 Å². The molecule has 0 unspecified atom stereocenters. The van der Waals surface area contributed by atoms with Crippen LogP contribution in [0.3, 0.4) is 0 Å². The summed E-state index contributed by atoms with van der Waals surface area (Å²) in [6.45, 7) is 0. The number of hydrogen-bond acceptors (Lipinski definition) is 3. The van der Waals surface area contributed by atoms with E-state index in [0.717, 1.165) is 0 Å². The van der Waals surface area contributed by atoms with Crippen molar-refractivity contribution in [3.05, 3.63) is 27.2 Å². The van der Waals surface area contributed by atoms with Gasteiger partial charge in [0.05, 0.1) is 10.0 Å². The second-order valence-electron chi connectivity index (χ2n) is 3.34. The summed E-state index contributed by atoms with van der Waals surface area (Å²) >= 11 is 17.5. The van der Waals surface area contributed by atoms with Crippen molar-refractivity contribution in [1.29, 1.82) is 0 Å². The van der Waals surface area contributed by atoms with Crippen LogP contribution in [0.15, 0.2) is 17.1 Å². The molecule has 18 heavy (non-hydrogen) atoms. The predicted molar refractivity (Wildman–Crippen MR) is 67.3 cm³/mol. The third kappa shape index (κ3) is 2.93. The Bertz CT molecular complexity index is 548. The van der Waals surface area contributed by atoms with Gasteiger partial charge in [0.25, 0.3) is 5.91 Å². The number of nitrogens with one attached hydrogen (secondary N) is 1. The van der Waals surface area contributed by atoms with Crippen LogP contribution in [0, 0.1) is 0 Å². The van der Waals surface area contributed by atoms with Crippen molar-refractivity contribution in [2.24, 2.45) is 4.99 Å². The molecule has 0 aromatic heterocycles. The fourth-order valence-corrected chi connectivity index (χ4v) is 2.15. The molecule has 1 aliphatic heterocycles. The Balaban J connectivity index is 2.30. The summed E-state index contributed by atoms with van der Waals surface area (Å²) in [6.07, 6.45) is -0.311. The first kappa shape index (κ1) is 13.1. The summed E-state index contributed by atoms with van der Waals surface area (Å²) in [5.41, 5.74) is 0. The van der Waals surface area contributed by atoms with E-state index in [1.807, 2.05) is 0 Å². The lowest BCUT2D eigenvalue weighted by molar-refractivity contribution is -0.127. The first-order valence-corrected chi connectivity index (χ1v) is 5.83. The van der Waals surface area contributed by atoms with Crippen LogP contribution in [0.4, 0.5) is 0 Å². The molecular formula is C10H5Cl3N2O3. The zero-order valence-electron chi connectivity index (χ0n) is 8.67. The number of nitrogens with zero attached hydrogens (tertiary/aromatic N) is 1. The summed E-state index contributed by atoms with van der Waals surface area (Å²) in [6, 6.07) is 2.57. The molecule has 1 N–H and O–H groups in total. The van der Waals surface area contributed by atoms with Crippen molar-refractivity contribution in [2.45, 2.75) is 6.42 Å². The molecule has 1 aromatic carbocycles. The van der Waals surface area contributed by atoms with E-state index in [1.54, 1.807) is 0 Å². The second-order valence-corrected chi connectivity index (χ2v) is 4.59. The molecule has 0 bridgehead atoms. The lowest BCUT2D eigenvalue weighted by Crippen LogP contribution is -2.40. The number of halogens is 3. The van der Waals surface area contributed by atoms with Crippen LogP contribution in [-0.4, -0.2) is 17.8 Å². The van der Waals surface area contributed by atoms with E-state index in [2.05, 4.69) is 10.3 Å². The number of hydrogen-bond donors (Lipinski definition) is 1. The second kappa shape index (κ2) is 5.14. The van der Waals surface area contributed by atoms with E-state index in [4.69, 9.17) is 39.5 Å². The molecule has 0 radical (unpaired) electrons. The number of rotatable bonds is 1. The minimum absolute atomic E-state index is 0.0662. The fraction of sp³-hybridized carbons (Fsp3) is 0.100. The van der Waals surface area contributed by atoms with E-state index in [1.165, 1.54) is 12.1 Å². The average molecular weight is 308 g/mol. The van der Waals surface area contributed by atoms with Crippen molar-refractivity contribution < 1.29 is 14.3 Å². The van der Waals surface area contributed by atoms with Gasteiger partial charge in [-0.2, -0.15) is 4.99 Å². The third-order valence-corrected chi connectivity index (χ3v) is 2.73. The Hall–Kier alpha value is -1.30. The third-order valence-electron chi connectivity index (χ3n) is 1.95. The molecule has 0 aliphatic carbocycles. The largest absolute Gasteiger partial charge is 0.422 e. The number of carbonyl (C=O) groups is 2. The molecule has 0 spiro atoms. The number of amides is 2. The van der Waals surface area contributed by atoms with Crippen LogP contribution in [0.25, 0.3) is 0 Å². The Morgan fingerprint density at radius 2 is 1.78 bits per heavy atom. The number of carbonyl (C=O) groups excluding carboxylic acids is 2. The molecule has 0 fully saturated rings. The van der Waals surface area contributed by atoms with Crippen LogP contribution in [0.1, 0.15) is 6.42 Å². The molecule has 1 heterocycles. The van der Waals surface area contributed by atoms with Gasteiger partial charge in [-0.1, -0.05) is 34.8 Å². The fourth-order valence-electron chi connectivity index (χ4n) is 1.25. The highest BCUT2D eigenvalue weighted by atomic mass is 35.5. The average Bonchev–Trinajstić information content (AvgIpc) is 2.22. The number of ether oxygens (including phenoxy) is 1. The van der Waals surface area contributed by atoms with Crippen molar-refractivity contribution in [3.8, 4) is 5.75 Å². The quantitative estimate of drug-likeness (QED) is 0.810. The van der Waals surface area contributed by atoms with Gasteiger partial charge in [-0.25, -0.2) is 0 Å². The van der Waals surface area contributed by atoms with Gasteiger partial charge in [0.2, 0.25) is 5.91 Å². The lowest BCUT2D eigenvalue weighted by Gasteiger charge is -2.14. The zero-order valence-corrected chi connectivity index (χ0v) is 10.9. The van der Waals surface area contributed by atoms with Gasteiger partial charge in [0.15, 0.2) is 5.75 Å². The SMILES string of the molecule is O=C1CC(=O)NC(Oc2c(Cl)cc(Cl)cc2Cl)=N1. The molecule has 0 saturated heterocycles. The maximum Gasteiger partial charge on any atom is 0.305 e. The lowest BCUT2D eigenvalue weighted by atomic mass is 10.3. The summed E-state index contributed by atoms with van der Waals surface area (Å²) in [5, 5.41) is 2.90. The molecular weight excluding hydrogens is 302 g/mol. The number of amidine groups is 1. The van der Waals surface area contributed by atoms with Gasteiger partial charge < -0.3 is 4.74 Å². The van der Waals surface area contributed by atoms with Crippen molar-refractivity contribution in [3.63, 3.8) is 0 Å². The molecule has 5 nitrogen and oxygen atoms in total. The molecule has 0 atom stereocenters. The zero-order chi connectivity index (χ0) is 13.3. The van der Waals surface area contributed by atoms with Gasteiger partial charge in [0.1, 0.15) is 6.42 Å². The van der Waals surface area contributed by atoms with Crippen molar-refractivity contribution in [2.75, 3.05) is 0 Å². The number of aliphatic imine (C=N–C) groups is 1. The van der Waals surface area contributed by atoms with E-state index < -0.39 is 11.8 Å². The topological polar surface area (TPSA) is 67.8 Å². The van der Waals surface area contributed by atoms with Crippen LogP contribution in [0.2, 0.25) is 15.1 Å². The Kier molecular flexibility index (Phi) is 3.75. The van der Waals surface area contributed by atoms with Crippen LogP contribution >= 0.6 is 34.8 Å². The van der Waals surface area contributed by atoms with Gasteiger partial charge in [-0.15, -0.1) is 0 Å². The molecule has 94 valence electrons. The first-order chi connectivity index (χ1) is 8.45. The maximum atomic E-state index is 11.1. The molecule has 0 saturated carbocycles. The van der Waals surface area contributed by atoms with Gasteiger partial charge in [-0.3, -0.25) is 14.9 Å². The van der Waals surface area contributed by atoms with Crippen LogP contribution in [0.5, 0.6) is 5.75 Å². The van der Waals surface area contributed by atoms with Gasteiger partial charge in [0, 0.05) is 5.02 Å². The minimum atomic E-state index is -0.602. The summed E-state index contributed by atoms with van der Waals surface area (Å²) in [5.74, 6) is -1.04. The molecule has 8 heteroatoms. The molecule has 1 aromatic rings. The highest BCUT2D eigenvalue weighted by Crippen LogP contribution is 2.35. The van der Waals surface area contributed by atoms with Crippen molar-refractivity contribution in [1.82, 2.24) is 5.32 Å². The highest BCUT2D eigenvalue weighted by Gasteiger charge is 2.21. The first-order valence-electron chi connectivity index (χ1n) is 4.69. The smallest absolute Gasteiger partial charge is 0.305 e. The van der Waals surface area contributed by atoms with Crippen LogP contribution < -0.4 is 10.1 Å². The summed E-state index contributed by atoms with van der Waals surface area (Å²) < 4.78 is 5.19. The molecule has 2 amide bonds. The van der Waals surface area contributed by atoms with E-state index in [9.17, 15) is 9.59 Å². The van der Waals surface area contributed by atoms with E-state index in [0.29, 0.717) is 5.02 Å². The summed E-state index contributed by atoms with van der Waals surface area (Å²) in [4.78, 5) is 25.7. The molecule has 2 rings (SSSR count). The number of benzene rings is 1.